The molecule has 5 nitrogen and oxygen atoms in total. The van der Waals surface area contributed by atoms with E-state index in [1.165, 1.54) is 0 Å². The van der Waals surface area contributed by atoms with Crippen LogP contribution in [-0.2, 0) is 4.79 Å². The lowest BCUT2D eigenvalue weighted by Gasteiger charge is -2.06. The highest BCUT2D eigenvalue weighted by Gasteiger charge is 2.04. The quantitative estimate of drug-likeness (QED) is 0.730. The summed E-state index contributed by atoms with van der Waals surface area (Å²) in [6, 6.07) is 1.87. The van der Waals surface area contributed by atoms with Crippen LogP contribution in [0.25, 0.3) is 0 Å². The van der Waals surface area contributed by atoms with Crippen LogP contribution >= 0.6 is 0 Å². The maximum atomic E-state index is 11.5. The van der Waals surface area contributed by atoms with Crippen molar-refractivity contribution in [2.45, 2.75) is 27.2 Å². The van der Waals surface area contributed by atoms with E-state index in [1.807, 2.05) is 19.9 Å². The van der Waals surface area contributed by atoms with Gasteiger partial charge in [-0.3, -0.25) is 10.1 Å². The molecule has 1 amide bonds. The van der Waals surface area contributed by atoms with Crippen LogP contribution < -0.4 is 10.6 Å². The van der Waals surface area contributed by atoms with Crippen LogP contribution in [0.4, 0.5) is 5.95 Å². The van der Waals surface area contributed by atoms with Gasteiger partial charge in [-0.2, -0.15) is 0 Å². The highest BCUT2D eigenvalue weighted by atomic mass is 16.2. The van der Waals surface area contributed by atoms with Crippen molar-refractivity contribution in [3.8, 4) is 0 Å². The minimum Gasteiger partial charge on any atom is -0.308 e. The van der Waals surface area contributed by atoms with Gasteiger partial charge in [-0.25, -0.2) is 9.97 Å². The molecular formula is C11H18N4O. The molecule has 0 radical (unpaired) electrons. The van der Waals surface area contributed by atoms with Crippen molar-refractivity contribution in [2.24, 2.45) is 0 Å². The second kappa shape index (κ2) is 6.17. The van der Waals surface area contributed by atoms with E-state index in [0.29, 0.717) is 12.5 Å². The van der Waals surface area contributed by atoms with Gasteiger partial charge in [0.25, 0.3) is 0 Å². The van der Waals surface area contributed by atoms with Crippen molar-refractivity contribution < 1.29 is 4.79 Å². The number of anilines is 1. The third-order valence-corrected chi connectivity index (χ3v) is 1.95. The Labute approximate surface area is 95.7 Å². The number of carbonyl (C=O) groups excluding carboxylic acids is 1. The van der Waals surface area contributed by atoms with Crippen molar-refractivity contribution in [2.75, 3.05) is 18.4 Å². The lowest BCUT2D eigenvalue weighted by atomic mass is 10.3. The third-order valence-electron chi connectivity index (χ3n) is 1.95. The fourth-order valence-electron chi connectivity index (χ4n) is 1.33. The van der Waals surface area contributed by atoms with Gasteiger partial charge < -0.3 is 5.32 Å². The molecule has 5 heteroatoms. The van der Waals surface area contributed by atoms with E-state index < -0.39 is 0 Å². The van der Waals surface area contributed by atoms with Crippen molar-refractivity contribution in [3.63, 3.8) is 0 Å². The molecule has 0 fully saturated rings. The number of aromatic nitrogens is 2. The molecule has 1 heterocycles. The van der Waals surface area contributed by atoms with E-state index in [1.54, 1.807) is 0 Å². The predicted molar refractivity (Wildman–Crippen MR) is 63.3 cm³/mol. The third kappa shape index (κ3) is 4.35. The molecule has 0 spiro atoms. The number of carbonyl (C=O) groups is 1. The summed E-state index contributed by atoms with van der Waals surface area (Å²) in [7, 11) is 0. The van der Waals surface area contributed by atoms with Gasteiger partial charge in [-0.1, -0.05) is 6.92 Å². The minimum absolute atomic E-state index is 0.113. The number of rotatable bonds is 5. The first-order chi connectivity index (χ1) is 7.61. The van der Waals surface area contributed by atoms with E-state index in [2.05, 4.69) is 27.5 Å². The Morgan fingerprint density at radius 2 is 1.94 bits per heavy atom. The number of nitrogens with zero attached hydrogens (tertiary/aromatic N) is 2. The Balaban J connectivity index is 2.49. The second-order valence-electron chi connectivity index (χ2n) is 3.70. The number of hydrogen-bond donors (Lipinski definition) is 2. The molecule has 0 aliphatic rings. The molecule has 88 valence electrons. The summed E-state index contributed by atoms with van der Waals surface area (Å²) in [6.07, 6.45) is 1.01. The van der Waals surface area contributed by atoms with E-state index in [9.17, 15) is 4.79 Å². The Kier molecular flexibility index (Phi) is 4.85. The van der Waals surface area contributed by atoms with Gasteiger partial charge in [0.2, 0.25) is 11.9 Å². The maximum Gasteiger partial charge on any atom is 0.240 e. The van der Waals surface area contributed by atoms with Gasteiger partial charge in [0.1, 0.15) is 0 Å². The molecule has 2 N–H and O–H groups in total. The first kappa shape index (κ1) is 12.6. The Hall–Kier alpha value is -1.49. The first-order valence-corrected chi connectivity index (χ1v) is 5.44. The van der Waals surface area contributed by atoms with Crippen LogP contribution in [0.1, 0.15) is 24.7 Å². The molecule has 0 atom stereocenters. The molecule has 0 unspecified atom stereocenters. The standard InChI is InChI=1S/C11H18N4O/c1-4-5-12-7-10(16)15-11-13-8(2)6-9(3)14-11/h6,12H,4-5,7H2,1-3H3,(H,13,14,15,16). The molecule has 0 aliphatic heterocycles. The molecule has 1 rings (SSSR count). The molecule has 1 aromatic heterocycles. The number of nitrogens with one attached hydrogen (secondary N) is 2. The SMILES string of the molecule is CCCNCC(=O)Nc1nc(C)cc(C)n1. The summed E-state index contributed by atoms with van der Waals surface area (Å²) in [6.45, 7) is 6.93. The Morgan fingerprint density at radius 1 is 1.31 bits per heavy atom. The average molecular weight is 222 g/mol. The van der Waals surface area contributed by atoms with Crippen LogP contribution in [0.5, 0.6) is 0 Å². The highest BCUT2D eigenvalue weighted by Crippen LogP contribution is 2.02. The fourth-order valence-corrected chi connectivity index (χ4v) is 1.33. The average Bonchev–Trinajstić information content (AvgIpc) is 2.16. The number of aryl methyl sites for hydroxylation is 2. The van der Waals surface area contributed by atoms with Crippen LogP contribution in [0.3, 0.4) is 0 Å². The second-order valence-corrected chi connectivity index (χ2v) is 3.70. The lowest BCUT2D eigenvalue weighted by molar-refractivity contribution is -0.115. The Morgan fingerprint density at radius 3 is 2.50 bits per heavy atom. The summed E-state index contributed by atoms with van der Waals surface area (Å²) >= 11 is 0. The smallest absolute Gasteiger partial charge is 0.240 e. The van der Waals surface area contributed by atoms with Gasteiger partial charge >= 0.3 is 0 Å². The zero-order valence-electron chi connectivity index (χ0n) is 10.0. The first-order valence-electron chi connectivity index (χ1n) is 5.44. The van der Waals surface area contributed by atoms with Crippen molar-refractivity contribution in [1.82, 2.24) is 15.3 Å². The monoisotopic (exact) mass is 222 g/mol. The molecule has 0 saturated carbocycles. The van der Waals surface area contributed by atoms with Crippen LogP contribution in [0.15, 0.2) is 6.07 Å². The van der Waals surface area contributed by atoms with Gasteiger partial charge in [0.15, 0.2) is 0 Å². The van der Waals surface area contributed by atoms with Crippen molar-refractivity contribution >= 4 is 11.9 Å². The fraction of sp³-hybridized carbons (Fsp3) is 0.545. The number of hydrogen-bond acceptors (Lipinski definition) is 4. The zero-order chi connectivity index (χ0) is 12.0. The summed E-state index contributed by atoms with van der Waals surface area (Å²) in [4.78, 5) is 19.7. The van der Waals surface area contributed by atoms with E-state index in [-0.39, 0.29) is 5.91 Å². The van der Waals surface area contributed by atoms with Crippen LogP contribution in [0.2, 0.25) is 0 Å². The van der Waals surface area contributed by atoms with Gasteiger partial charge in [-0.05, 0) is 32.9 Å². The molecule has 0 bridgehead atoms. The largest absolute Gasteiger partial charge is 0.308 e. The van der Waals surface area contributed by atoms with Crippen molar-refractivity contribution in [3.05, 3.63) is 17.5 Å². The van der Waals surface area contributed by atoms with Gasteiger partial charge in [0, 0.05) is 11.4 Å². The number of amides is 1. The summed E-state index contributed by atoms with van der Waals surface area (Å²) < 4.78 is 0. The molecule has 16 heavy (non-hydrogen) atoms. The van der Waals surface area contributed by atoms with Crippen LogP contribution in [0, 0.1) is 13.8 Å². The molecular weight excluding hydrogens is 204 g/mol. The lowest BCUT2D eigenvalue weighted by Crippen LogP contribution is -2.29. The normalized spacial score (nSPS) is 10.2. The topological polar surface area (TPSA) is 66.9 Å². The maximum absolute atomic E-state index is 11.5. The molecule has 0 aromatic carbocycles. The van der Waals surface area contributed by atoms with Gasteiger partial charge in [0.05, 0.1) is 6.54 Å². The summed E-state index contributed by atoms with van der Waals surface area (Å²) in [5, 5.41) is 5.68. The van der Waals surface area contributed by atoms with Crippen LogP contribution in [-0.4, -0.2) is 29.0 Å². The summed E-state index contributed by atoms with van der Waals surface area (Å²) in [5.41, 5.74) is 1.70. The molecule has 0 aliphatic carbocycles. The predicted octanol–water partition coefficient (Wildman–Crippen LogP) is 1.03. The van der Waals surface area contributed by atoms with E-state index >= 15 is 0 Å². The highest BCUT2D eigenvalue weighted by molar-refractivity contribution is 5.90. The molecule has 0 saturated heterocycles. The van der Waals surface area contributed by atoms with E-state index in [4.69, 9.17) is 0 Å². The molecule has 1 aromatic rings. The summed E-state index contributed by atoms with van der Waals surface area (Å²) in [5.74, 6) is 0.263. The minimum atomic E-state index is -0.113. The van der Waals surface area contributed by atoms with Crippen molar-refractivity contribution in [1.29, 1.82) is 0 Å². The Bertz CT molecular complexity index is 345. The zero-order valence-corrected chi connectivity index (χ0v) is 10.0. The van der Waals surface area contributed by atoms with Gasteiger partial charge in [-0.15, -0.1) is 0 Å². The van der Waals surface area contributed by atoms with E-state index in [0.717, 1.165) is 24.4 Å².